The minimum atomic E-state index is -4.45. The zero-order chi connectivity index (χ0) is 23.8. The number of amides is 3. The molecule has 1 unspecified atom stereocenters. The molecule has 0 bridgehead atoms. The van der Waals surface area contributed by atoms with Gasteiger partial charge in [0.25, 0.3) is 5.91 Å². The van der Waals surface area contributed by atoms with Crippen LogP contribution >= 0.6 is 0 Å². The maximum absolute atomic E-state index is 13.2. The van der Waals surface area contributed by atoms with Gasteiger partial charge >= 0.3 is 6.18 Å². The zero-order valence-corrected chi connectivity index (χ0v) is 17.8. The number of nitrogens with one attached hydrogen (secondary N) is 1. The molecule has 0 saturated carbocycles. The van der Waals surface area contributed by atoms with Crippen molar-refractivity contribution in [2.45, 2.75) is 38.1 Å². The third-order valence-electron chi connectivity index (χ3n) is 5.84. The lowest BCUT2D eigenvalue weighted by Crippen LogP contribution is -2.63. The van der Waals surface area contributed by atoms with Crippen LogP contribution < -0.4 is 15.0 Å². The molecule has 2 aromatic rings. The standard InChI is InChI=1S/C23H22F3N3O4/c1-22-10-9-20(31)29(22)18-8-3-2-7-17(18)21(32)28(22)13-19(30)27-12-15-5-4-6-16(11-15)33-14-23(24,25)26/h2-8,11H,9-10,12-14H2,1H3,(H,27,30). The number of rotatable bonds is 6. The Bertz CT molecular complexity index is 1100. The van der Waals surface area contributed by atoms with Crippen LogP contribution in [0.2, 0.25) is 0 Å². The molecule has 1 saturated heterocycles. The summed E-state index contributed by atoms with van der Waals surface area (Å²) in [6.07, 6.45) is -3.78. The van der Waals surface area contributed by atoms with Crippen LogP contribution in [0.5, 0.6) is 5.75 Å². The summed E-state index contributed by atoms with van der Waals surface area (Å²) in [7, 11) is 0. The van der Waals surface area contributed by atoms with E-state index in [0.29, 0.717) is 23.2 Å². The van der Waals surface area contributed by atoms with Crippen LogP contribution in [0, 0.1) is 0 Å². The number of fused-ring (bicyclic) bond motifs is 3. The molecular weight excluding hydrogens is 439 g/mol. The highest BCUT2D eigenvalue weighted by atomic mass is 19.4. The molecule has 0 spiro atoms. The van der Waals surface area contributed by atoms with Crippen molar-refractivity contribution >= 4 is 23.4 Å². The molecule has 1 atom stereocenters. The van der Waals surface area contributed by atoms with Gasteiger partial charge in [-0.2, -0.15) is 13.2 Å². The van der Waals surface area contributed by atoms with E-state index in [9.17, 15) is 27.6 Å². The van der Waals surface area contributed by atoms with E-state index in [1.807, 2.05) is 0 Å². The third-order valence-corrected chi connectivity index (χ3v) is 5.84. The summed E-state index contributed by atoms with van der Waals surface area (Å²) in [5.74, 6) is -0.866. The van der Waals surface area contributed by atoms with Gasteiger partial charge in [0.15, 0.2) is 6.61 Å². The van der Waals surface area contributed by atoms with Gasteiger partial charge in [0.2, 0.25) is 11.8 Å². The molecule has 0 aliphatic carbocycles. The summed E-state index contributed by atoms with van der Waals surface area (Å²) >= 11 is 0. The first-order valence-electron chi connectivity index (χ1n) is 10.4. The van der Waals surface area contributed by atoms with E-state index in [-0.39, 0.29) is 37.1 Å². The average molecular weight is 461 g/mol. The summed E-state index contributed by atoms with van der Waals surface area (Å²) in [6, 6.07) is 12.8. The fraction of sp³-hybridized carbons (Fsp3) is 0.348. The van der Waals surface area contributed by atoms with E-state index in [4.69, 9.17) is 4.74 Å². The van der Waals surface area contributed by atoms with Gasteiger partial charge in [-0.3, -0.25) is 19.3 Å². The number of hydrogen-bond acceptors (Lipinski definition) is 4. The van der Waals surface area contributed by atoms with Gasteiger partial charge in [-0.05, 0) is 43.2 Å². The number of para-hydroxylation sites is 1. The summed E-state index contributed by atoms with van der Waals surface area (Å²) in [4.78, 5) is 41.4. The number of anilines is 1. The molecule has 2 aliphatic rings. The Morgan fingerprint density at radius 1 is 1.15 bits per heavy atom. The van der Waals surface area contributed by atoms with Crippen molar-refractivity contribution < 1.29 is 32.3 Å². The average Bonchev–Trinajstić information content (AvgIpc) is 3.09. The van der Waals surface area contributed by atoms with Gasteiger partial charge in [0, 0.05) is 13.0 Å². The van der Waals surface area contributed by atoms with Gasteiger partial charge < -0.3 is 15.0 Å². The lowest BCUT2D eigenvalue weighted by Gasteiger charge is -2.48. The van der Waals surface area contributed by atoms with Gasteiger partial charge in [0.1, 0.15) is 18.0 Å². The van der Waals surface area contributed by atoms with Gasteiger partial charge in [0.05, 0.1) is 11.3 Å². The van der Waals surface area contributed by atoms with Crippen molar-refractivity contribution in [3.8, 4) is 5.75 Å². The van der Waals surface area contributed by atoms with E-state index in [1.165, 1.54) is 23.1 Å². The number of hydrogen-bond donors (Lipinski definition) is 1. The zero-order valence-electron chi connectivity index (χ0n) is 17.8. The molecule has 1 N–H and O–H groups in total. The van der Waals surface area contributed by atoms with Crippen LogP contribution in [0.4, 0.5) is 18.9 Å². The van der Waals surface area contributed by atoms with E-state index in [0.717, 1.165) is 0 Å². The van der Waals surface area contributed by atoms with Crippen molar-refractivity contribution in [2.75, 3.05) is 18.1 Å². The second-order valence-electron chi connectivity index (χ2n) is 8.18. The van der Waals surface area contributed by atoms with E-state index < -0.39 is 24.4 Å². The Balaban J connectivity index is 1.45. The monoisotopic (exact) mass is 461 g/mol. The number of ether oxygens (including phenoxy) is 1. The van der Waals surface area contributed by atoms with Crippen LogP contribution in [-0.2, 0) is 16.1 Å². The third kappa shape index (κ3) is 4.50. The molecule has 2 aliphatic heterocycles. The lowest BCUT2D eigenvalue weighted by atomic mass is 9.98. The van der Waals surface area contributed by atoms with E-state index in [1.54, 1.807) is 42.2 Å². The van der Waals surface area contributed by atoms with Crippen molar-refractivity contribution in [2.24, 2.45) is 0 Å². The number of alkyl halides is 3. The van der Waals surface area contributed by atoms with Crippen LogP contribution in [0.3, 0.4) is 0 Å². The minimum Gasteiger partial charge on any atom is -0.484 e. The second-order valence-corrected chi connectivity index (χ2v) is 8.18. The Hall–Kier alpha value is -3.56. The van der Waals surface area contributed by atoms with E-state index >= 15 is 0 Å². The summed E-state index contributed by atoms with van der Waals surface area (Å²) in [5.41, 5.74) is 0.486. The highest BCUT2D eigenvalue weighted by Crippen LogP contribution is 2.43. The number of carbonyl (C=O) groups excluding carboxylic acids is 3. The van der Waals surface area contributed by atoms with Crippen LogP contribution in [0.15, 0.2) is 48.5 Å². The Morgan fingerprint density at radius 3 is 2.67 bits per heavy atom. The maximum Gasteiger partial charge on any atom is 0.422 e. The number of carbonyl (C=O) groups is 3. The van der Waals surface area contributed by atoms with Crippen LogP contribution in [0.1, 0.15) is 35.7 Å². The van der Waals surface area contributed by atoms with Crippen molar-refractivity contribution in [3.63, 3.8) is 0 Å². The van der Waals surface area contributed by atoms with Gasteiger partial charge in [-0.15, -0.1) is 0 Å². The highest BCUT2D eigenvalue weighted by Gasteiger charge is 2.53. The molecule has 3 amide bonds. The molecule has 10 heteroatoms. The molecule has 0 aromatic heterocycles. The molecule has 33 heavy (non-hydrogen) atoms. The van der Waals surface area contributed by atoms with Crippen molar-refractivity contribution in [3.05, 3.63) is 59.7 Å². The smallest absolute Gasteiger partial charge is 0.422 e. The first-order chi connectivity index (χ1) is 15.6. The predicted molar refractivity (Wildman–Crippen MR) is 112 cm³/mol. The Morgan fingerprint density at radius 2 is 1.91 bits per heavy atom. The molecule has 1 fully saturated rings. The topological polar surface area (TPSA) is 79.0 Å². The quantitative estimate of drug-likeness (QED) is 0.717. The summed E-state index contributed by atoms with van der Waals surface area (Å²) in [6.45, 7) is 0.132. The van der Waals surface area contributed by atoms with Crippen LogP contribution in [-0.4, -0.2) is 47.6 Å². The first-order valence-corrected chi connectivity index (χ1v) is 10.4. The molecule has 2 aromatic carbocycles. The second kappa shape index (κ2) is 8.42. The molecule has 4 rings (SSSR count). The molecule has 7 nitrogen and oxygen atoms in total. The molecule has 2 heterocycles. The SMILES string of the molecule is CC12CCC(=O)N1c1ccccc1C(=O)N2CC(=O)NCc1cccc(OCC(F)(F)F)c1. The normalized spacial score (nSPS) is 19.9. The van der Waals surface area contributed by atoms with E-state index in [2.05, 4.69) is 5.32 Å². The fourth-order valence-electron chi connectivity index (χ4n) is 4.25. The number of halogens is 3. The lowest BCUT2D eigenvalue weighted by molar-refractivity contribution is -0.153. The summed E-state index contributed by atoms with van der Waals surface area (Å²) in [5, 5.41) is 2.68. The predicted octanol–water partition coefficient (Wildman–Crippen LogP) is 3.24. The largest absolute Gasteiger partial charge is 0.484 e. The minimum absolute atomic E-state index is 0.0366. The van der Waals surface area contributed by atoms with Crippen molar-refractivity contribution in [1.82, 2.24) is 10.2 Å². The highest BCUT2D eigenvalue weighted by molar-refractivity contribution is 6.11. The van der Waals surface area contributed by atoms with Gasteiger partial charge in [-0.25, -0.2) is 0 Å². The van der Waals surface area contributed by atoms with Crippen LogP contribution in [0.25, 0.3) is 0 Å². The molecule has 0 radical (unpaired) electrons. The van der Waals surface area contributed by atoms with Gasteiger partial charge in [-0.1, -0.05) is 24.3 Å². The molecule has 174 valence electrons. The number of benzene rings is 2. The molecular formula is C23H22F3N3O4. The first kappa shape index (κ1) is 22.6. The Labute approximate surface area is 188 Å². The summed E-state index contributed by atoms with van der Waals surface area (Å²) < 4.78 is 41.8. The maximum atomic E-state index is 13.2. The van der Waals surface area contributed by atoms with Crippen molar-refractivity contribution in [1.29, 1.82) is 0 Å². The Kier molecular flexibility index (Phi) is 5.77. The number of nitrogens with zero attached hydrogens (tertiary/aromatic N) is 2. The fourth-order valence-corrected chi connectivity index (χ4v) is 4.25.